The van der Waals surface area contributed by atoms with Gasteiger partial charge in [0, 0.05) is 43.7 Å². The molecule has 0 aliphatic carbocycles. The SMILES string of the molecule is CC(C)C(NS(=O)(=O)c1ccc2c(c1)OCCO2)C(=O)N1CCN(Cc2cccs2)CC1. The third-order valence-electron chi connectivity index (χ3n) is 5.68. The van der Waals surface area contributed by atoms with Crippen molar-refractivity contribution >= 4 is 27.3 Å². The Labute approximate surface area is 193 Å². The molecule has 1 aromatic heterocycles. The van der Waals surface area contributed by atoms with E-state index < -0.39 is 16.1 Å². The van der Waals surface area contributed by atoms with Crippen molar-refractivity contribution in [3.63, 3.8) is 0 Å². The van der Waals surface area contributed by atoms with Crippen molar-refractivity contribution in [3.8, 4) is 11.5 Å². The first-order chi connectivity index (χ1) is 15.3. The number of nitrogens with one attached hydrogen (secondary N) is 1. The molecule has 2 aromatic rings. The van der Waals surface area contributed by atoms with Gasteiger partial charge in [-0.05, 0) is 29.5 Å². The van der Waals surface area contributed by atoms with Crippen molar-refractivity contribution in [2.24, 2.45) is 5.92 Å². The number of thiophene rings is 1. The molecule has 8 nitrogen and oxygen atoms in total. The quantitative estimate of drug-likeness (QED) is 0.655. The van der Waals surface area contributed by atoms with Crippen LogP contribution in [-0.2, 0) is 21.4 Å². The zero-order valence-corrected chi connectivity index (χ0v) is 20.0. The summed E-state index contributed by atoms with van der Waals surface area (Å²) in [5, 5.41) is 2.07. The highest BCUT2D eigenvalue weighted by molar-refractivity contribution is 7.89. The number of amides is 1. The normalized spacial score (nSPS) is 18.0. The number of hydrogen-bond donors (Lipinski definition) is 1. The van der Waals surface area contributed by atoms with Gasteiger partial charge in [0.1, 0.15) is 19.3 Å². The predicted molar refractivity (Wildman–Crippen MR) is 123 cm³/mol. The molecule has 2 aliphatic heterocycles. The lowest BCUT2D eigenvalue weighted by Crippen LogP contribution is -2.56. The van der Waals surface area contributed by atoms with Crippen LogP contribution in [0, 0.1) is 5.92 Å². The topological polar surface area (TPSA) is 88.2 Å². The highest BCUT2D eigenvalue weighted by Crippen LogP contribution is 2.32. The van der Waals surface area contributed by atoms with Gasteiger partial charge in [-0.2, -0.15) is 4.72 Å². The first-order valence-electron chi connectivity index (χ1n) is 10.8. The number of benzene rings is 1. The number of nitrogens with zero attached hydrogens (tertiary/aromatic N) is 2. The molecule has 3 heterocycles. The highest BCUT2D eigenvalue weighted by atomic mass is 32.2. The maximum Gasteiger partial charge on any atom is 0.241 e. The van der Waals surface area contributed by atoms with Gasteiger partial charge in [-0.1, -0.05) is 19.9 Å². The fraction of sp³-hybridized carbons (Fsp3) is 0.500. The summed E-state index contributed by atoms with van der Waals surface area (Å²) in [7, 11) is -3.91. The first-order valence-corrected chi connectivity index (χ1v) is 13.2. The van der Waals surface area contributed by atoms with Crippen molar-refractivity contribution in [2.45, 2.75) is 31.3 Å². The zero-order chi connectivity index (χ0) is 22.7. The van der Waals surface area contributed by atoms with E-state index >= 15 is 0 Å². The molecule has 0 saturated carbocycles. The van der Waals surface area contributed by atoms with Crippen LogP contribution < -0.4 is 14.2 Å². The van der Waals surface area contributed by atoms with E-state index in [1.807, 2.05) is 19.9 Å². The minimum absolute atomic E-state index is 0.0565. The lowest BCUT2D eigenvalue weighted by atomic mass is 10.0. The molecular formula is C22H29N3O5S2. The number of carbonyl (C=O) groups is 1. The molecule has 10 heteroatoms. The summed E-state index contributed by atoms with van der Waals surface area (Å²) in [4.78, 5) is 18.7. The average Bonchev–Trinajstić information content (AvgIpc) is 3.30. The van der Waals surface area contributed by atoms with Crippen LogP contribution in [0.1, 0.15) is 18.7 Å². The minimum atomic E-state index is -3.91. The maximum atomic E-state index is 13.2. The van der Waals surface area contributed by atoms with Gasteiger partial charge in [0.2, 0.25) is 15.9 Å². The van der Waals surface area contributed by atoms with Gasteiger partial charge in [-0.25, -0.2) is 8.42 Å². The maximum absolute atomic E-state index is 13.2. The molecule has 1 fully saturated rings. The molecule has 174 valence electrons. The summed E-state index contributed by atoms with van der Waals surface area (Å²) in [6.07, 6.45) is 0. The number of rotatable bonds is 7. The Hall–Kier alpha value is -2.14. The van der Waals surface area contributed by atoms with Crippen LogP contribution in [0.4, 0.5) is 0 Å². The van der Waals surface area contributed by atoms with Gasteiger partial charge in [0.05, 0.1) is 4.90 Å². The second-order valence-electron chi connectivity index (χ2n) is 8.33. The predicted octanol–water partition coefficient (Wildman–Crippen LogP) is 2.17. The van der Waals surface area contributed by atoms with Gasteiger partial charge in [0.15, 0.2) is 11.5 Å². The molecular weight excluding hydrogens is 450 g/mol. The standard InChI is InChI=1S/C22H29N3O5S2/c1-16(2)21(22(26)25-9-7-24(8-10-25)15-17-4-3-13-31-17)23-32(27,28)18-5-6-19-20(14-18)30-12-11-29-19/h3-6,13-14,16,21,23H,7-12,15H2,1-2H3. The van der Waals surface area contributed by atoms with Crippen molar-refractivity contribution in [2.75, 3.05) is 39.4 Å². The largest absolute Gasteiger partial charge is 0.486 e. The first kappa shape index (κ1) is 23.0. The lowest BCUT2D eigenvalue weighted by molar-refractivity contribution is -0.135. The number of carbonyl (C=O) groups excluding carboxylic acids is 1. The van der Waals surface area contributed by atoms with Crippen molar-refractivity contribution in [1.29, 1.82) is 0 Å². The molecule has 1 amide bonds. The zero-order valence-electron chi connectivity index (χ0n) is 18.3. The monoisotopic (exact) mass is 479 g/mol. The van der Waals surface area contributed by atoms with E-state index in [0.717, 1.165) is 19.6 Å². The smallest absolute Gasteiger partial charge is 0.241 e. The minimum Gasteiger partial charge on any atom is -0.486 e. The fourth-order valence-electron chi connectivity index (χ4n) is 3.84. The molecule has 4 rings (SSSR count). The molecule has 1 N–H and O–H groups in total. The Bertz CT molecular complexity index is 1030. The van der Waals surface area contributed by atoms with Crippen LogP contribution in [0.25, 0.3) is 0 Å². The summed E-state index contributed by atoms with van der Waals surface area (Å²) in [5.74, 6) is 0.538. The highest BCUT2D eigenvalue weighted by Gasteiger charge is 2.33. The summed E-state index contributed by atoms with van der Waals surface area (Å²) in [6, 6.07) is 7.83. The van der Waals surface area contributed by atoms with Gasteiger partial charge >= 0.3 is 0 Å². The Morgan fingerprint density at radius 1 is 1.09 bits per heavy atom. The third-order valence-corrected chi connectivity index (χ3v) is 7.98. The summed E-state index contributed by atoms with van der Waals surface area (Å²) >= 11 is 1.73. The number of sulfonamides is 1. The Morgan fingerprint density at radius 2 is 1.81 bits per heavy atom. The van der Waals surface area contributed by atoms with Gasteiger partial charge in [-0.3, -0.25) is 9.69 Å². The van der Waals surface area contributed by atoms with Crippen LogP contribution in [-0.4, -0.2) is 69.6 Å². The van der Waals surface area contributed by atoms with Crippen molar-refractivity contribution < 1.29 is 22.7 Å². The van der Waals surface area contributed by atoms with Crippen LogP contribution in [0.3, 0.4) is 0 Å². The Balaban J connectivity index is 1.41. The Morgan fingerprint density at radius 3 is 2.47 bits per heavy atom. The molecule has 1 aromatic carbocycles. The number of hydrogen-bond acceptors (Lipinski definition) is 7. The van der Waals surface area contributed by atoms with E-state index in [1.165, 1.54) is 17.0 Å². The Kier molecular flexibility index (Phi) is 7.04. The lowest BCUT2D eigenvalue weighted by Gasteiger charge is -2.37. The molecule has 0 spiro atoms. The number of ether oxygens (including phenoxy) is 2. The number of fused-ring (bicyclic) bond motifs is 1. The van der Waals surface area contributed by atoms with E-state index in [1.54, 1.807) is 22.3 Å². The molecule has 0 radical (unpaired) electrons. The van der Waals surface area contributed by atoms with Gasteiger partial charge in [-0.15, -0.1) is 11.3 Å². The van der Waals surface area contributed by atoms with Crippen LogP contribution in [0.2, 0.25) is 0 Å². The second-order valence-corrected chi connectivity index (χ2v) is 11.1. The number of piperazine rings is 1. The van der Waals surface area contributed by atoms with Crippen LogP contribution in [0.15, 0.2) is 40.6 Å². The van der Waals surface area contributed by atoms with Gasteiger partial charge in [0.25, 0.3) is 0 Å². The molecule has 2 aliphatic rings. The van der Waals surface area contributed by atoms with Gasteiger partial charge < -0.3 is 14.4 Å². The van der Waals surface area contributed by atoms with E-state index in [-0.39, 0.29) is 16.7 Å². The fourth-order valence-corrected chi connectivity index (χ4v) is 5.94. The summed E-state index contributed by atoms with van der Waals surface area (Å²) in [6.45, 7) is 8.08. The molecule has 1 unspecified atom stereocenters. The van der Waals surface area contributed by atoms with Crippen LogP contribution in [0.5, 0.6) is 11.5 Å². The summed E-state index contributed by atoms with van der Waals surface area (Å²) in [5.41, 5.74) is 0. The van der Waals surface area contributed by atoms with E-state index in [4.69, 9.17) is 9.47 Å². The van der Waals surface area contributed by atoms with E-state index in [9.17, 15) is 13.2 Å². The second kappa shape index (κ2) is 9.78. The molecule has 32 heavy (non-hydrogen) atoms. The van der Waals surface area contributed by atoms with Crippen molar-refractivity contribution in [1.82, 2.24) is 14.5 Å². The van der Waals surface area contributed by atoms with Crippen molar-refractivity contribution in [3.05, 3.63) is 40.6 Å². The third kappa shape index (κ3) is 5.25. The molecule has 1 atom stereocenters. The van der Waals surface area contributed by atoms with E-state index in [0.29, 0.717) is 37.8 Å². The molecule has 0 bridgehead atoms. The van der Waals surface area contributed by atoms with Crippen LogP contribution >= 0.6 is 11.3 Å². The summed E-state index contributed by atoms with van der Waals surface area (Å²) < 4.78 is 39.7. The van der Waals surface area contributed by atoms with E-state index in [2.05, 4.69) is 21.1 Å². The average molecular weight is 480 g/mol. The molecule has 1 saturated heterocycles.